The summed E-state index contributed by atoms with van der Waals surface area (Å²) < 4.78 is 0. The van der Waals surface area contributed by atoms with Gasteiger partial charge < -0.3 is 14.7 Å². The molecule has 6 rings (SSSR count). The van der Waals surface area contributed by atoms with Crippen molar-refractivity contribution in [2.24, 2.45) is 0 Å². The highest BCUT2D eigenvalue weighted by Gasteiger charge is 2.45. The van der Waals surface area contributed by atoms with Crippen LogP contribution in [0.1, 0.15) is 116 Å². The van der Waals surface area contributed by atoms with Crippen LogP contribution in [0.15, 0.2) is 103 Å². The molecule has 2 aliphatic carbocycles. The van der Waals surface area contributed by atoms with Crippen molar-refractivity contribution < 1.29 is 0 Å². The lowest BCUT2D eigenvalue weighted by Crippen LogP contribution is -2.22. The summed E-state index contributed by atoms with van der Waals surface area (Å²) in [5.74, 6) is 0. The monoisotopic (exact) mass is 726 g/mol. The lowest BCUT2D eigenvalue weighted by molar-refractivity contribution is 0.434. The third kappa shape index (κ3) is 17.9. The van der Waals surface area contributed by atoms with E-state index in [0.717, 1.165) is 26.1 Å². The third-order valence-electron chi connectivity index (χ3n) is 8.43. The lowest BCUT2D eigenvalue weighted by atomic mass is 9.74. The Morgan fingerprint density at radius 3 is 1.09 bits per heavy atom. The first-order valence-corrected chi connectivity index (χ1v) is 20.5. The van der Waals surface area contributed by atoms with Crippen molar-refractivity contribution in [2.75, 3.05) is 61.9 Å². The summed E-state index contributed by atoms with van der Waals surface area (Å²) in [7, 11) is 12.3. The Morgan fingerprint density at radius 1 is 0.434 bits per heavy atom. The zero-order valence-electron chi connectivity index (χ0n) is 38.1. The van der Waals surface area contributed by atoms with Crippen LogP contribution in [0.2, 0.25) is 0 Å². The second-order valence-electron chi connectivity index (χ2n) is 12.3. The van der Waals surface area contributed by atoms with E-state index in [2.05, 4.69) is 201 Å². The molecule has 0 N–H and O–H groups in total. The topological polar surface area (TPSA) is 9.72 Å². The number of benzene rings is 4. The van der Waals surface area contributed by atoms with E-state index in [1.54, 1.807) is 0 Å². The van der Waals surface area contributed by atoms with Crippen molar-refractivity contribution in [1.82, 2.24) is 14.7 Å². The van der Waals surface area contributed by atoms with Gasteiger partial charge in [0.25, 0.3) is 0 Å². The van der Waals surface area contributed by atoms with E-state index in [1.165, 1.54) is 44.5 Å². The molecule has 0 saturated carbocycles. The van der Waals surface area contributed by atoms with E-state index in [-0.39, 0.29) is 5.41 Å². The van der Waals surface area contributed by atoms with E-state index >= 15 is 0 Å². The normalized spacial score (nSPS) is 11.1. The van der Waals surface area contributed by atoms with Gasteiger partial charge in [0.05, 0.1) is 5.41 Å². The van der Waals surface area contributed by atoms with Crippen molar-refractivity contribution in [3.63, 3.8) is 0 Å². The Morgan fingerprint density at radius 2 is 0.755 bits per heavy atom. The highest BCUT2D eigenvalue weighted by molar-refractivity contribution is 5.88. The molecule has 298 valence electrons. The summed E-state index contributed by atoms with van der Waals surface area (Å²) >= 11 is 0. The van der Waals surface area contributed by atoms with E-state index in [1.807, 2.05) is 55.4 Å². The van der Waals surface area contributed by atoms with E-state index in [0.29, 0.717) is 0 Å². The number of aryl methyl sites for hydroxylation is 2. The average molecular weight is 726 g/mol. The summed E-state index contributed by atoms with van der Waals surface area (Å²) in [6.45, 7) is 30.1. The van der Waals surface area contributed by atoms with E-state index in [9.17, 15) is 0 Å². The van der Waals surface area contributed by atoms with Gasteiger partial charge >= 0.3 is 0 Å². The molecule has 0 fully saturated rings. The van der Waals surface area contributed by atoms with E-state index < -0.39 is 0 Å². The summed E-state index contributed by atoms with van der Waals surface area (Å²) in [4.78, 5) is 6.38. The maximum absolute atomic E-state index is 2.38. The van der Waals surface area contributed by atoms with E-state index in [4.69, 9.17) is 0 Å². The predicted octanol–water partition coefficient (Wildman–Crippen LogP) is 13.4. The molecule has 0 atom stereocenters. The molecule has 0 aromatic heterocycles. The van der Waals surface area contributed by atoms with Crippen molar-refractivity contribution in [3.8, 4) is 11.1 Å². The maximum Gasteiger partial charge on any atom is 0.0653 e. The number of hydrogen-bond donors (Lipinski definition) is 0. The van der Waals surface area contributed by atoms with Crippen LogP contribution in [-0.2, 0) is 11.8 Å². The fourth-order valence-electron chi connectivity index (χ4n) is 5.05. The number of rotatable bonds is 4. The van der Waals surface area contributed by atoms with Crippen molar-refractivity contribution >= 4 is 6.08 Å². The first kappa shape index (κ1) is 53.8. The SMILES string of the molecule is C1=CC2(c3ccccc31)c1ccccc1-c1ccccc12.CC.CC.CC.CC.CCN(C)C.CCN(C)C.CCN(C)C.CCc1ccccc1C. The first-order chi connectivity index (χ1) is 25.6. The second kappa shape index (κ2) is 33.1. The average Bonchev–Trinajstić information content (AvgIpc) is 3.75. The molecule has 0 heterocycles. The van der Waals surface area contributed by atoms with Crippen LogP contribution >= 0.6 is 0 Å². The van der Waals surface area contributed by atoms with Crippen LogP contribution in [0.3, 0.4) is 0 Å². The number of allylic oxidation sites excluding steroid dienone is 1. The fourth-order valence-corrected chi connectivity index (χ4v) is 5.05. The molecule has 2 aliphatic rings. The van der Waals surface area contributed by atoms with Crippen LogP contribution in [0.25, 0.3) is 17.2 Å². The Labute approximate surface area is 331 Å². The zero-order valence-corrected chi connectivity index (χ0v) is 38.1. The highest BCUT2D eigenvalue weighted by Crippen LogP contribution is 2.56. The van der Waals surface area contributed by atoms with Crippen molar-refractivity contribution in [2.45, 2.75) is 102 Å². The standard InChI is InChI=1S/C21H14.C9H12.3C4H11N.4C2H6/c1-4-10-18-15(7-1)13-14-21(18)19-11-5-2-8-16(19)17-9-3-6-12-20(17)21;1-3-9-7-5-4-6-8(9)2;3*1-4-5(2)3;4*1-2/h1-14H;4-7H,3H2,1-2H3;3*4H2,1-3H3;4*1-2H3. The lowest BCUT2D eigenvalue weighted by Gasteiger charge is -2.27. The maximum atomic E-state index is 2.38. The van der Waals surface area contributed by atoms with Crippen LogP contribution in [0.4, 0.5) is 0 Å². The smallest absolute Gasteiger partial charge is 0.0653 e. The van der Waals surface area contributed by atoms with Gasteiger partial charge in [-0.1, -0.05) is 192 Å². The number of hydrogen-bond acceptors (Lipinski definition) is 3. The molecule has 0 saturated heterocycles. The molecule has 0 radical (unpaired) electrons. The zero-order chi connectivity index (χ0) is 41.4. The molecule has 3 heteroatoms. The fraction of sp³-hybridized carbons (Fsp3) is 0.480. The first-order valence-electron chi connectivity index (χ1n) is 20.5. The van der Waals surface area contributed by atoms with Crippen LogP contribution < -0.4 is 0 Å². The Hall–Kier alpha value is -3.50. The van der Waals surface area contributed by atoms with Gasteiger partial charge in [0.15, 0.2) is 0 Å². The minimum Gasteiger partial charge on any atom is -0.310 e. The van der Waals surface area contributed by atoms with Gasteiger partial charge in [-0.2, -0.15) is 0 Å². The molecule has 4 aromatic rings. The molecule has 0 unspecified atom stereocenters. The number of fused-ring (bicyclic) bond motifs is 7. The van der Waals surface area contributed by atoms with Gasteiger partial charge in [-0.3, -0.25) is 0 Å². The van der Waals surface area contributed by atoms with Crippen LogP contribution in [-0.4, -0.2) is 76.6 Å². The Bertz CT molecular complexity index is 1380. The predicted molar refractivity (Wildman–Crippen MR) is 246 cm³/mol. The Balaban J connectivity index is -0.000000657. The second-order valence-corrected chi connectivity index (χ2v) is 12.3. The molecular weight excluding hydrogens is 643 g/mol. The molecule has 0 aliphatic heterocycles. The minimum absolute atomic E-state index is 0.0935. The van der Waals surface area contributed by atoms with Gasteiger partial charge in [-0.25, -0.2) is 0 Å². The summed E-state index contributed by atoms with van der Waals surface area (Å²) in [5, 5.41) is 0. The molecule has 3 nitrogen and oxygen atoms in total. The Kier molecular flexibility index (Phi) is 33.6. The van der Waals surface area contributed by atoms with Crippen molar-refractivity contribution in [3.05, 3.63) is 137 Å². The highest BCUT2D eigenvalue weighted by atomic mass is 15.0. The van der Waals surface area contributed by atoms with Gasteiger partial charge in [-0.05, 0) is 120 Å². The molecule has 0 amide bonds. The summed E-state index contributed by atoms with van der Waals surface area (Å²) in [6, 6.07) is 34.9. The molecule has 4 aromatic carbocycles. The molecule has 0 bridgehead atoms. The van der Waals surface area contributed by atoms with Gasteiger partial charge in [0, 0.05) is 0 Å². The quantitative estimate of drug-likeness (QED) is 0.207. The molecular formula is C50H83N3. The van der Waals surface area contributed by atoms with Crippen LogP contribution in [0, 0.1) is 6.92 Å². The van der Waals surface area contributed by atoms with Crippen molar-refractivity contribution in [1.29, 1.82) is 0 Å². The largest absolute Gasteiger partial charge is 0.310 e. The van der Waals surface area contributed by atoms with Crippen LogP contribution in [0.5, 0.6) is 0 Å². The van der Waals surface area contributed by atoms with Gasteiger partial charge in [0.2, 0.25) is 0 Å². The summed E-state index contributed by atoms with van der Waals surface area (Å²) in [6.07, 6.45) is 5.79. The van der Waals surface area contributed by atoms with Gasteiger partial charge in [0.1, 0.15) is 0 Å². The summed E-state index contributed by atoms with van der Waals surface area (Å²) in [5.41, 5.74) is 11.1. The molecule has 1 spiro atoms. The third-order valence-corrected chi connectivity index (χ3v) is 8.43. The number of nitrogens with zero attached hydrogens (tertiary/aromatic N) is 3. The molecule has 53 heavy (non-hydrogen) atoms. The minimum atomic E-state index is -0.0935. The van der Waals surface area contributed by atoms with Gasteiger partial charge in [-0.15, -0.1) is 0 Å².